The minimum Gasteiger partial charge on any atom is -0.376 e. The van der Waals surface area contributed by atoms with Crippen LogP contribution in [-0.2, 0) is 19.6 Å². The average Bonchev–Trinajstić information content (AvgIpc) is 2.45. The SMILES string of the molecule is CC1CC(C(=O)NS(=O)(=O)c2cccc(F)c2C#N)CC(C)O1. The standard InChI is InChI=1S/C15H17FN2O4S/c1-9-6-11(7-10(2)22-9)15(19)18-23(20,21)14-5-3-4-13(16)12(14)8-17/h3-5,9-11H,6-7H2,1-2H3,(H,18,19). The number of carbonyl (C=O) groups is 1. The molecule has 2 rings (SSSR count). The van der Waals surface area contributed by atoms with Crippen LogP contribution in [0.2, 0.25) is 0 Å². The molecule has 1 heterocycles. The van der Waals surface area contributed by atoms with E-state index in [0.29, 0.717) is 12.8 Å². The van der Waals surface area contributed by atoms with Crippen molar-refractivity contribution in [1.29, 1.82) is 5.26 Å². The first-order chi connectivity index (χ1) is 10.7. The van der Waals surface area contributed by atoms with Crippen LogP contribution in [-0.4, -0.2) is 26.5 Å². The van der Waals surface area contributed by atoms with Gasteiger partial charge in [-0.15, -0.1) is 0 Å². The number of sulfonamides is 1. The number of nitriles is 1. The smallest absolute Gasteiger partial charge is 0.265 e. The third-order valence-electron chi connectivity index (χ3n) is 3.68. The van der Waals surface area contributed by atoms with Gasteiger partial charge >= 0.3 is 0 Å². The number of rotatable bonds is 3. The Labute approximate surface area is 134 Å². The van der Waals surface area contributed by atoms with Crippen molar-refractivity contribution in [2.45, 2.75) is 43.8 Å². The maximum absolute atomic E-state index is 13.6. The molecular weight excluding hydrogens is 323 g/mol. The summed E-state index contributed by atoms with van der Waals surface area (Å²) in [7, 11) is -4.31. The predicted octanol–water partition coefficient (Wildman–Crippen LogP) is 1.71. The fourth-order valence-corrected chi connectivity index (χ4v) is 3.94. The van der Waals surface area contributed by atoms with Crippen molar-refractivity contribution in [3.8, 4) is 6.07 Å². The van der Waals surface area contributed by atoms with Crippen molar-refractivity contribution in [2.75, 3.05) is 0 Å². The molecule has 2 atom stereocenters. The number of ether oxygens (including phenoxy) is 1. The zero-order chi connectivity index (χ0) is 17.2. The Morgan fingerprint density at radius 1 is 1.35 bits per heavy atom. The summed E-state index contributed by atoms with van der Waals surface area (Å²) in [5, 5.41) is 8.93. The molecule has 1 aromatic carbocycles. The molecule has 1 amide bonds. The molecule has 1 aliphatic heterocycles. The molecule has 0 aliphatic carbocycles. The summed E-state index contributed by atoms with van der Waals surface area (Å²) in [6, 6.07) is 4.76. The van der Waals surface area contributed by atoms with Crippen molar-refractivity contribution in [2.24, 2.45) is 5.92 Å². The summed E-state index contributed by atoms with van der Waals surface area (Å²) in [6.45, 7) is 3.62. The minimum atomic E-state index is -4.31. The van der Waals surface area contributed by atoms with Crippen molar-refractivity contribution in [1.82, 2.24) is 4.72 Å². The van der Waals surface area contributed by atoms with Gasteiger partial charge in [0.05, 0.1) is 12.2 Å². The van der Waals surface area contributed by atoms with Crippen LogP contribution >= 0.6 is 0 Å². The van der Waals surface area contributed by atoms with Crippen molar-refractivity contribution >= 4 is 15.9 Å². The summed E-state index contributed by atoms with van der Waals surface area (Å²) < 4.78 is 45.6. The first-order valence-electron chi connectivity index (χ1n) is 7.15. The lowest BCUT2D eigenvalue weighted by Crippen LogP contribution is -2.41. The molecule has 0 bridgehead atoms. The molecule has 1 aromatic rings. The molecule has 1 aliphatic rings. The third-order valence-corrected chi connectivity index (χ3v) is 5.07. The van der Waals surface area contributed by atoms with Crippen LogP contribution in [0.1, 0.15) is 32.3 Å². The number of halogens is 1. The Morgan fingerprint density at radius 2 is 1.96 bits per heavy atom. The molecule has 23 heavy (non-hydrogen) atoms. The minimum absolute atomic E-state index is 0.152. The molecule has 2 unspecified atom stereocenters. The molecule has 6 nitrogen and oxygen atoms in total. The normalized spacial score (nSPS) is 24.7. The highest BCUT2D eigenvalue weighted by atomic mass is 32.2. The Kier molecular flexibility index (Phi) is 5.02. The van der Waals surface area contributed by atoms with Gasteiger partial charge in [-0.05, 0) is 38.8 Å². The predicted molar refractivity (Wildman–Crippen MR) is 79.2 cm³/mol. The van der Waals surface area contributed by atoms with E-state index in [1.165, 1.54) is 12.1 Å². The zero-order valence-electron chi connectivity index (χ0n) is 12.7. The molecule has 8 heteroatoms. The van der Waals surface area contributed by atoms with E-state index in [1.54, 1.807) is 0 Å². The van der Waals surface area contributed by atoms with Gasteiger partial charge in [0.15, 0.2) is 0 Å². The summed E-state index contributed by atoms with van der Waals surface area (Å²) >= 11 is 0. The van der Waals surface area contributed by atoms with Gasteiger partial charge in [0.25, 0.3) is 10.0 Å². The van der Waals surface area contributed by atoms with Gasteiger partial charge in [0, 0.05) is 5.92 Å². The lowest BCUT2D eigenvalue weighted by Gasteiger charge is -2.31. The monoisotopic (exact) mass is 340 g/mol. The highest BCUT2D eigenvalue weighted by Gasteiger charge is 2.32. The number of nitrogens with zero attached hydrogens (tertiary/aromatic N) is 1. The average molecular weight is 340 g/mol. The van der Waals surface area contributed by atoms with E-state index < -0.39 is 38.1 Å². The van der Waals surface area contributed by atoms with Crippen LogP contribution < -0.4 is 4.72 Å². The largest absolute Gasteiger partial charge is 0.376 e. The van der Waals surface area contributed by atoms with Gasteiger partial charge in [-0.1, -0.05) is 6.07 Å². The third kappa shape index (κ3) is 3.86. The van der Waals surface area contributed by atoms with Crippen molar-refractivity contribution in [3.05, 3.63) is 29.6 Å². The van der Waals surface area contributed by atoms with E-state index in [-0.39, 0.29) is 12.2 Å². The van der Waals surface area contributed by atoms with E-state index in [1.807, 2.05) is 18.6 Å². The maximum Gasteiger partial charge on any atom is 0.265 e. The van der Waals surface area contributed by atoms with Crippen LogP contribution in [0.3, 0.4) is 0 Å². The lowest BCUT2D eigenvalue weighted by molar-refractivity contribution is -0.131. The van der Waals surface area contributed by atoms with Gasteiger partial charge in [0.2, 0.25) is 5.91 Å². The van der Waals surface area contributed by atoms with E-state index in [4.69, 9.17) is 10.00 Å². The van der Waals surface area contributed by atoms with Gasteiger partial charge < -0.3 is 4.74 Å². The highest BCUT2D eigenvalue weighted by molar-refractivity contribution is 7.90. The number of nitrogens with one attached hydrogen (secondary N) is 1. The molecule has 1 saturated heterocycles. The van der Waals surface area contributed by atoms with Crippen LogP contribution in [0.15, 0.2) is 23.1 Å². The number of benzene rings is 1. The molecule has 0 saturated carbocycles. The Balaban J connectivity index is 2.24. The molecule has 0 radical (unpaired) electrons. The van der Waals surface area contributed by atoms with Crippen LogP contribution in [0.25, 0.3) is 0 Å². The number of hydrogen-bond donors (Lipinski definition) is 1. The highest BCUT2D eigenvalue weighted by Crippen LogP contribution is 2.26. The quantitative estimate of drug-likeness (QED) is 0.903. The topological polar surface area (TPSA) is 96.3 Å². The Hall–Kier alpha value is -1.98. The first kappa shape index (κ1) is 17.4. The molecule has 124 valence electrons. The number of amides is 1. The Morgan fingerprint density at radius 3 is 2.52 bits per heavy atom. The van der Waals surface area contributed by atoms with E-state index in [2.05, 4.69) is 0 Å². The number of carbonyl (C=O) groups excluding carboxylic acids is 1. The first-order valence-corrected chi connectivity index (χ1v) is 8.63. The zero-order valence-corrected chi connectivity index (χ0v) is 13.6. The van der Waals surface area contributed by atoms with Crippen LogP contribution in [0.5, 0.6) is 0 Å². The summed E-state index contributed by atoms with van der Waals surface area (Å²) in [6.07, 6.45) is 0.502. The second kappa shape index (κ2) is 6.64. The van der Waals surface area contributed by atoms with E-state index in [9.17, 15) is 17.6 Å². The lowest BCUT2D eigenvalue weighted by atomic mass is 9.92. The van der Waals surface area contributed by atoms with Crippen molar-refractivity contribution in [3.63, 3.8) is 0 Å². The van der Waals surface area contributed by atoms with Gasteiger partial charge in [-0.2, -0.15) is 5.26 Å². The van der Waals surface area contributed by atoms with Gasteiger partial charge in [-0.25, -0.2) is 17.5 Å². The fraction of sp³-hybridized carbons (Fsp3) is 0.467. The van der Waals surface area contributed by atoms with Gasteiger partial charge in [-0.3, -0.25) is 4.79 Å². The molecule has 1 N–H and O–H groups in total. The molecule has 0 spiro atoms. The summed E-state index contributed by atoms with van der Waals surface area (Å²) in [5.74, 6) is -2.13. The second-order valence-electron chi connectivity index (χ2n) is 5.62. The second-order valence-corrected chi connectivity index (χ2v) is 7.27. The number of hydrogen-bond acceptors (Lipinski definition) is 5. The molecular formula is C15H17FN2O4S. The summed E-state index contributed by atoms with van der Waals surface area (Å²) in [4.78, 5) is 11.7. The Bertz CT molecular complexity index is 747. The molecule has 1 fully saturated rings. The van der Waals surface area contributed by atoms with E-state index >= 15 is 0 Å². The van der Waals surface area contributed by atoms with Gasteiger partial charge in [0.1, 0.15) is 22.3 Å². The maximum atomic E-state index is 13.6. The van der Waals surface area contributed by atoms with E-state index in [0.717, 1.165) is 12.1 Å². The fourth-order valence-electron chi connectivity index (χ4n) is 2.73. The van der Waals surface area contributed by atoms with Crippen molar-refractivity contribution < 1.29 is 22.3 Å². The molecule has 0 aromatic heterocycles. The van der Waals surface area contributed by atoms with Crippen LogP contribution in [0.4, 0.5) is 4.39 Å². The summed E-state index contributed by atoms with van der Waals surface area (Å²) in [5.41, 5.74) is -0.610. The van der Waals surface area contributed by atoms with Crippen LogP contribution in [0, 0.1) is 23.1 Å².